The van der Waals surface area contributed by atoms with Gasteiger partial charge >= 0.3 is 5.91 Å². The molecule has 6 nitrogen and oxygen atoms in total. The Morgan fingerprint density at radius 2 is 1.61 bits per heavy atom. The van der Waals surface area contributed by atoms with Gasteiger partial charge in [0.1, 0.15) is 10.7 Å². The van der Waals surface area contributed by atoms with Gasteiger partial charge in [0, 0.05) is 21.3 Å². The highest BCUT2D eigenvalue weighted by Crippen LogP contribution is 2.38. The quantitative estimate of drug-likeness (QED) is 0.194. The summed E-state index contributed by atoms with van der Waals surface area (Å²) in [5.74, 6) is -0.974. The summed E-state index contributed by atoms with van der Waals surface area (Å²) < 4.78 is -0.953. The van der Waals surface area contributed by atoms with Crippen LogP contribution in [0, 0.1) is 4.91 Å². The number of hydrogen-bond acceptors (Lipinski definition) is 6. The maximum Gasteiger partial charge on any atom is 0.302 e. The largest absolute Gasteiger partial charge is 0.321 e. The molecule has 0 saturated heterocycles. The summed E-state index contributed by atoms with van der Waals surface area (Å²) in [5, 5.41) is 6.24. The summed E-state index contributed by atoms with van der Waals surface area (Å²) in [6.45, 7) is 5.43. The smallest absolute Gasteiger partial charge is 0.302 e. The van der Waals surface area contributed by atoms with Gasteiger partial charge in [-0.1, -0.05) is 61.5 Å². The van der Waals surface area contributed by atoms with Crippen LogP contribution >= 0.6 is 23.1 Å². The molecule has 0 aliphatic heterocycles. The second-order valence-electron chi connectivity index (χ2n) is 8.60. The van der Waals surface area contributed by atoms with Gasteiger partial charge < -0.3 is 5.32 Å². The molecule has 0 aliphatic rings. The number of aryl methyl sites for hydroxylation is 1. The van der Waals surface area contributed by atoms with E-state index in [9.17, 15) is 14.5 Å². The fourth-order valence-electron chi connectivity index (χ4n) is 3.51. The number of nitrogens with zero attached hydrogens (tertiary/aromatic N) is 2. The van der Waals surface area contributed by atoms with Crippen LogP contribution in [0.15, 0.2) is 88.9 Å². The monoisotopic (exact) mass is 515 g/mol. The van der Waals surface area contributed by atoms with E-state index in [4.69, 9.17) is 4.98 Å². The number of hydrogen-bond donors (Lipinski definition) is 1. The van der Waals surface area contributed by atoms with Gasteiger partial charge in [0.2, 0.25) is 0 Å². The summed E-state index contributed by atoms with van der Waals surface area (Å²) in [4.78, 5) is 42.1. The number of carbonyl (C=O) groups is 2. The van der Waals surface area contributed by atoms with E-state index >= 15 is 0 Å². The fourth-order valence-corrected chi connectivity index (χ4v) is 5.57. The molecule has 4 aromatic rings. The molecule has 1 heterocycles. The van der Waals surface area contributed by atoms with Crippen molar-refractivity contribution in [2.45, 2.75) is 36.8 Å². The average molecular weight is 516 g/mol. The number of nitroso groups, excluding NO2 is 1. The topological polar surface area (TPSA) is 88.5 Å². The number of amides is 2. The Balaban J connectivity index is 1.64. The Morgan fingerprint density at radius 3 is 2.22 bits per heavy atom. The van der Waals surface area contributed by atoms with Crippen LogP contribution in [0.5, 0.6) is 0 Å². The minimum atomic E-state index is -0.953. The van der Waals surface area contributed by atoms with Crippen LogP contribution in [0.2, 0.25) is 0 Å². The zero-order valence-electron chi connectivity index (χ0n) is 20.1. The highest BCUT2D eigenvalue weighted by Gasteiger charge is 2.30. The summed E-state index contributed by atoms with van der Waals surface area (Å²) in [7, 11) is 0. The number of anilines is 1. The number of thioether (sulfide) groups is 1. The van der Waals surface area contributed by atoms with E-state index < -0.39 is 10.7 Å². The molecule has 0 saturated carbocycles. The zero-order chi connectivity index (χ0) is 25.7. The molecule has 0 spiro atoms. The normalized spacial score (nSPS) is 11.2. The van der Waals surface area contributed by atoms with Crippen molar-refractivity contribution >= 4 is 40.6 Å². The van der Waals surface area contributed by atoms with Crippen molar-refractivity contribution in [1.82, 2.24) is 4.98 Å². The van der Waals surface area contributed by atoms with Crippen LogP contribution in [0.3, 0.4) is 0 Å². The standard InChI is InChI=1S/C28H25N3O3S2/c1-4-18-10-14-21(15-11-18)29-25(32)23-24(19-8-6-5-7-9-19)35-26(30-23)20-12-16-22(17-13-20)36-28(2,3)27(33)31-34/h5-17H,4H2,1-3H3,(H,29,32). The van der Waals surface area contributed by atoms with E-state index in [1.807, 2.05) is 78.9 Å². The first kappa shape index (κ1) is 25.5. The number of carbonyl (C=O) groups excluding carboxylic acids is 2. The molecule has 2 amide bonds. The number of thiazole rings is 1. The Bertz CT molecular complexity index is 1380. The maximum absolute atomic E-state index is 13.3. The summed E-state index contributed by atoms with van der Waals surface area (Å²) >= 11 is 2.72. The Kier molecular flexibility index (Phi) is 7.76. The van der Waals surface area contributed by atoms with Gasteiger partial charge in [-0.05, 0) is 55.7 Å². The first-order chi connectivity index (χ1) is 17.3. The van der Waals surface area contributed by atoms with Crippen LogP contribution < -0.4 is 5.32 Å². The molecule has 36 heavy (non-hydrogen) atoms. The molecule has 0 atom stereocenters. The second-order valence-corrected chi connectivity index (χ2v) is 11.3. The molecule has 0 unspecified atom stereocenters. The molecule has 4 rings (SSSR count). The van der Waals surface area contributed by atoms with Crippen molar-refractivity contribution in [2.75, 3.05) is 5.32 Å². The van der Waals surface area contributed by atoms with Crippen molar-refractivity contribution in [3.63, 3.8) is 0 Å². The van der Waals surface area contributed by atoms with E-state index in [1.165, 1.54) is 28.7 Å². The minimum Gasteiger partial charge on any atom is -0.321 e. The summed E-state index contributed by atoms with van der Waals surface area (Å²) in [6, 6.07) is 25.1. The second kappa shape index (κ2) is 11.0. The van der Waals surface area contributed by atoms with Gasteiger partial charge in [-0.25, -0.2) is 4.98 Å². The van der Waals surface area contributed by atoms with Crippen LogP contribution in [0.25, 0.3) is 21.0 Å². The van der Waals surface area contributed by atoms with Gasteiger partial charge in [0.25, 0.3) is 5.91 Å². The third-order valence-electron chi connectivity index (χ3n) is 5.57. The third-order valence-corrected chi connectivity index (χ3v) is 7.92. The number of rotatable bonds is 8. The number of nitrogens with one attached hydrogen (secondary N) is 1. The molecule has 3 aromatic carbocycles. The highest BCUT2D eigenvalue weighted by atomic mass is 32.2. The van der Waals surface area contributed by atoms with Gasteiger partial charge in [-0.3, -0.25) is 9.59 Å². The van der Waals surface area contributed by atoms with E-state index in [2.05, 4.69) is 17.4 Å². The van der Waals surface area contributed by atoms with E-state index in [0.29, 0.717) is 16.4 Å². The lowest BCUT2D eigenvalue weighted by Gasteiger charge is -2.18. The van der Waals surface area contributed by atoms with Crippen LogP contribution in [0.1, 0.15) is 36.8 Å². The van der Waals surface area contributed by atoms with Crippen LogP contribution in [-0.2, 0) is 11.2 Å². The maximum atomic E-state index is 13.3. The Labute approximate surface area is 218 Å². The van der Waals surface area contributed by atoms with Crippen molar-refractivity contribution in [2.24, 2.45) is 5.18 Å². The molecule has 1 N–H and O–H groups in total. The van der Waals surface area contributed by atoms with Gasteiger partial charge in [0.05, 0.1) is 9.62 Å². The lowest BCUT2D eigenvalue weighted by atomic mass is 10.1. The minimum absolute atomic E-state index is 0.269. The predicted octanol–water partition coefficient (Wildman–Crippen LogP) is 7.46. The van der Waals surface area contributed by atoms with Crippen molar-refractivity contribution in [1.29, 1.82) is 0 Å². The number of benzene rings is 3. The SMILES string of the molecule is CCc1ccc(NC(=O)c2nc(-c3ccc(SC(C)(C)C(=O)N=O)cc3)sc2-c2ccccc2)cc1. The lowest BCUT2D eigenvalue weighted by Crippen LogP contribution is -2.25. The molecular weight excluding hydrogens is 490 g/mol. The molecule has 1 aromatic heterocycles. The molecule has 0 fully saturated rings. The fraction of sp³-hybridized carbons (Fsp3) is 0.179. The molecule has 0 bridgehead atoms. The zero-order valence-corrected chi connectivity index (χ0v) is 21.8. The van der Waals surface area contributed by atoms with E-state index in [1.54, 1.807) is 13.8 Å². The molecule has 8 heteroatoms. The summed E-state index contributed by atoms with van der Waals surface area (Å²) in [6.07, 6.45) is 0.931. The highest BCUT2D eigenvalue weighted by molar-refractivity contribution is 8.01. The molecule has 0 radical (unpaired) electrons. The van der Waals surface area contributed by atoms with Gasteiger partial charge in [-0.15, -0.1) is 28.0 Å². The van der Waals surface area contributed by atoms with Crippen molar-refractivity contribution < 1.29 is 9.59 Å². The van der Waals surface area contributed by atoms with Gasteiger partial charge in [0.15, 0.2) is 0 Å². The van der Waals surface area contributed by atoms with E-state index in [0.717, 1.165) is 27.3 Å². The molecule has 0 aliphatic carbocycles. The average Bonchev–Trinajstić information content (AvgIpc) is 3.35. The summed E-state index contributed by atoms with van der Waals surface area (Å²) in [5.41, 5.74) is 4.05. The van der Waals surface area contributed by atoms with Crippen molar-refractivity contribution in [3.8, 4) is 21.0 Å². The molecule has 182 valence electrons. The Morgan fingerprint density at radius 1 is 0.944 bits per heavy atom. The van der Waals surface area contributed by atoms with E-state index in [-0.39, 0.29) is 5.91 Å². The predicted molar refractivity (Wildman–Crippen MR) is 147 cm³/mol. The lowest BCUT2D eigenvalue weighted by molar-refractivity contribution is -0.119. The Hall–Kier alpha value is -3.62. The molecular formula is C28H25N3O3S2. The first-order valence-electron chi connectivity index (χ1n) is 11.4. The van der Waals surface area contributed by atoms with Gasteiger partial charge in [-0.2, -0.15) is 0 Å². The third kappa shape index (κ3) is 5.78. The van der Waals surface area contributed by atoms with Crippen LogP contribution in [-0.4, -0.2) is 21.5 Å². The van der Waals surface area contributed by atoms with Crippen LogP contribution in [0.4, 0.5) is 5.69 Å². The first-order valence-corrected chi connectivity index (χ1v) is 13.1. The van der Waals surface area contributed by atoms with Crippen molar-refractivity contribution in [3.05, 3.63) is 95.0 Å². The number of aromatic nitrogens is 1.